The number of amides is 5. The van der Waals surface area contributed by atoms with E-state index in [1.807, 2.05) is 78.3 Å². The Labute approximate surface area is 783 Å². The number of Topliss-reactive ketones (excluding diaryl/α,β-unsaturated/α-hetero) is 3. The van der Waals surface area contributed by atoms with Crippen LogP contribution in [-0.4, -0.2) is 300 Å². The van der Waals surface area contributed by atoms with Crippen molar-refractivity contribution in [3.05, 3.63) is 155 Å². The lowest BCUT2D eigenvalue weighted by Gasteiger charge is -2.42. The number of methoxy groups -OCH3 is 2. The third-order valence-electron chi connectivity index (χ3n) is 26.7. The van der Waals surface area contributed by atoms with Crippen molar-refractivity contribution in [2.45, 2.75) is 211 Å². The first-order valence-electron chi connectivity index (χ1n) is 46.6. The van der Waals surface area contributed by atoms with Gasteiger partial charge >= 0.3 is 12.1 Å². The average Bonchev–Trinajstić information content (AvgIpc) is 0.814. The maximum atomic E-state index is 14.7. The lowest BCUT2D eigenvalue weighted by atomic mass is 9.80. The molecule has 4 saturated heterocycles. The van der Waals surface area contributed by atoms with Crippen LogP contribution >= 0.6 is 0 Å². The van der Waals surface area contributed by atoms with Crippen LogP contribution in [0.4, 0.5) is 22.5 Å². The van der Waals surface area contributed by atoms with E-state index in [2.05, 4.69) is 40.5 Å². The topological polar surface area (TPSA) is 473 Å². The number of aromatic nitrogens is 5. The van der Waals surface area contributed by atoms with E-state index in [1.165, 1.54) is 50.7 Å². The number of sulfone groups is 1. The third-order valence-corrected chi connectivity index (χ3v) is 28.4. The maximum absolute atomic E-state index is 14.7. The molecule has 2 bridgehead atoms. The molecular weight excluding hydrogens is 1740 g/mol. The zero-order chi connectivity index (χ0) is 96.1. The second kappa shape index (κ2) is 47.5. The first-order valence-corrected chi connectivity index (χ1v) is 48.3. The van der Waals surface area contributed by atoms with Crippen molar-refractivity contribution < 1.29 is 100 Å². The quantitative estimate of drug-likeness (QED) is 0.0153. The van der Waals surface area contributed by atoms with Gasteiger partial charge in [-0.05, 0) is 162 Å². The summed E-state index contributed by atoms with van der Waals surface area (Å²) in [6, 6.07) is 11.5. The minimum Gasteiger partial charge on any atom is -0.491 e. The number of alkyl carbamates (subject to hydrolysis) is 1. The monoisotopic (exact) mass is 1870 g/mol. The van der Waals surface area contributed by atoms with Gasteiger partial charge in [-0.15, -0.1) is 0 Å². The molecule has 1 aliphatic carbocycles. The summed E-state index contributed by atoms with van der Waals surface area (Å²) >= 11 is 0. The summed E-state index contributed by atoms with van der Waals surface area (Å²) in [6.07, 6.45) is 14.3. The van der Waals surface area contributed by atoms with E-state index in [1.54, 1.807) is 69.3 Å². The number of allylic oxidation sites excluding steroid dienone is 6. The number of ether oxygens (including phenoxy) is 7. The van der Waals surface area contributed by atoms with E-state index in [0.29, 0.717) is 164 Å². The maximum Gasteiger partial charge on any atom is 0.407 e. The molecule has 0 unspecified atom stereocenters. The fourth-order valence-corrected chi connectivity index (χ4v) is 19.6. The fourth-order valence-electron chi connectivity index (χ4n) is 18.4. The molecule has 15 atom stereocenters. The molecule has 5 aromatic rings. The number of ketones is 3. The molecule has 9 heterocycles. The number of hydrogen-bond acceptors (Lipinski definition) is 31. The summed E-state index contributed by atoms with van der Waals surface area (Å²) in [4.78, 5) is 159. The van der Waals surface area contributed by atoms with Crippen molar-refractivity contribution in [2.24, 2.45) is 35.3 Å². The van der Waals surface area contributed by atoms with Crippen molar-refractivity contribution in [3.8, 4) is 16.9 Å². The zero-order valence-corrected chi connectivity index (χ0v) is 79.0. The number of carbonyl (C=O) groups is 9. The number of aliphatic hydroxyl groups is 3. The highest BCUT2D eigenvalue weighted by atomic mass is 32.2. The number of aryl methyl sites for hydroxylation is 1. The molecule has 5 fully saturated rings. The molecule has 3 aromatic heterocycles. The molecule has 0 radical (unpaired) electrons. The van der Waals surface area contributed by atoms with E-state index in [-0.39, 0.29) is 111 Å². The average molecular weight is 1880 g/mol. The Bertz CT molecular complexity index is 5170. The number of hydrogen-bond donors (Lipinski definition) is 7. The summed E-state index contributed by atoms with van der Waals surface area (Å²) in [5.74, 6) is -8.63. The summed E-state index contributed by atoms with van der Waals surface area (Å²) in [5, 5.41) is 40.2. The number of nitrogens with zero attached hydrogens (tertiary/aromatic N) is 11. The van der Waals surface area contributed by atoms with Gasteiger partial charge in [-0.1, -0.05) is 70.2 Å². The molecule has 5 amide bonds. The number of esters is 1. The number of nitrogen functional groups attached to an aromatic ring is 1. The van der Waals surface area contributed by atoms with Crippen LogP contribution in [-0.2, 0) is 80.1 Å². The Morgan fingerprint density at radius 2 is 1.43 bits per heavy atom. The zero-order valence-electron chi connectivity index (χ0n) is 78.1. The molecule has 1 saturated carbocycles. The predicted octanol–water partition coefficient (Wildman–Crippen LogP) is 6.80. The Morgan fingerprint density at radius 3 is 2.13 bits per heavy atom. The molecule has 0 spiro atoms. The summed E-state index contributed by atoms with van der Waals surface area (Å²) in [7, 11) is -0.815. The number of pyridine rings is 1. The van der Waals surface area contributed by atoms with Gasteiger partial charge in [0.1, 0.15) is 54.4 Å². The number of nitrogens with one attached hydrogen (secondary N) is 2. The van der Waals surface area contributed by atoms with Crippen LogP contribution < -0.4 is 36.6 Å². The van der Waals surface area contributed by atoms with Gasteiger partial charge in [-0.2, -0.15) is 0 Å². The summed E-state index contributed by atoms with van der Waals surface area (Å²) in [5.41, 5.74) is 18.1. The highest BCUT2D eigenvalue weighted by Crippen LogP contribution is 2.39. The van der Waals surface area contributed by atoms with Gasteiger partial charge in [0, 0.05) is 189 Å². The standard InChI is InChI=1S/C97H131N15O21S/c1-60-15-11-10-12-16-61(2)81(127-8)51-73-22-18-66(7)97(124,133-73)89(118)92(121)112-30-14-13-17-77(112)93(122)131-82(52-78(113)63(4)46-65(6)87(116)88(117)86(115)64(5)45-60)76(98)48-67-19-25-80(83(49-67)128-9)132-96(123)106-55-68-53-102-94(103-54-68)110-37-35-108(36-38-110)85(114)28-41-129-42-39-107-31-33-109(34-32-107)95-104-57-72(58-105-95)90(119)100-29-44-134(125,126)74-23-24-75(62(3)47-74)91(120)111-40-43-130-79-26-20-69(50-71(79)59-111)70-21-27-84(99)101-56-70/h10-12,15-16,20-21,23-24,26-27,46-47,50,53-54,56-58,60,63-64,66-67,73,76-77,80-83,87-88,116-117,124H,13-14,17-19,22,25,28-45,48-49,51-52,55,59,98H2,1-9H3,(H2,99,101)(H,100,119)(H,106,123)/b12-10?,15-11+,61-16?,65-46+/t60-,63-,64-,66-,67+,73+,76-,77+,80-,81+,82+,83-,87-,88+,97-/m1/s1. The van der Waals surface area contributed by atoms with Gasteiger partial charge in [0.25, 0.3) is 23.5 Å². The number of benzene rings is 2. The van der Waals surface area contributed by atoms with Crippen LogP contribution in [0.1, 0.15) is 162 Å². The number of nitrogens with two attached hydrogens (primary N) is 2. The second-order valence-corrected chi connectivity index (χ2v) is 38.5. The van der Waals surface area contributed by atoms with E-state index < -0.39 is 136 Å². The molecule has 7 aliphatic rings. The van der Waals surface area contributed by atoms with Crippen LogP contribution in [0.25, 0.3) is 11.1 Å². The molecule has 37 heteroatoms. The highest BCUT2D eigenvalue weighted by molar-refractivity contribution is 7.91. The first kappa shape index (κ1) is 102. The summed E-state index contributed by atoms with van der Waals surface area (Å²) < 4.78 is 69.2. The highest BCUT2D eigenvalue weighted by Gasteiger charge is 2.53. The minimum atomic E-state index is -3.86. The fraction of sp³-hybridized carbons (Fsp3) is 0.567. The molecular formula is C97H131N15O21S. The van der Waals surface area contributed by atoms with Crippen molar-refractivity contribution in [1.82, 2.24) is 55.2 Å². The summed E-state index contributed by atoms with van der Waals surface area (Å²) in [6.45, 7) is 18.6. The molecule has 12 rings (SSSR count). The van der Waals surface area contributed by atoms with Gasteiger partial charge in [0.15, 0.2) is 15.6 Å². The number of aliphatic hydroxyl groups excluding tert-OH is 2. The van der Waals surface area contributed by atoms with Crippen molar-refractivity contribution in [2.75, 3.05) is 134 Å². The van der Waals surface area contributed by atoms with E-state index in [4.69, 9.17) is 44.6 Å². The molecule has 36 nitrogen and oxygen atoms in total. The number of piperidine rings is 1. The smallest absolute Gasteiger partial charge is 0.407 e. The van der Waals surface area contributed by atoms with Gasteiger partial charge < -0.3 is 95.1 Å². The van der Waals surface area contributed by atoms with Crippen molar-refractivity contribution in [1.29, 1.82) is 0 Å². The van der Waals surface area contributed by atoms with Gasteiger partial charge in [-0.3, -0.25) is 38.5 Å². The van der Waals surface area contributed by atoms with Gasteiger partial charge in [-0.25, -0.2) is 42.9 Å². The predicted molar refractivity (Wildman–Crippen MR) is 497 cm³/mol. The Kier molecular flexibility index (Phi) is 36.2. The largest absolute Gasteiger partial charge is 0.491 e. The van der Waals surface area contributed by atoms with Crippen LogP contribution in [0, 0.1) is 36.5 Å². The molecule has 9 N–H and O–H groups in total. The number of piperazine rings is 2. The van der Waals surface area contributed by atoms with E-state index >= 15 is 0 Å². The number of anilines is 3. The molecule has 134 heavy (non-hydrogen) atoms. The van der Waals surface area contributed by atoms with Crippen LogP contribution in [0.2, 0.25) is 0 Å². The van der Waals surface area contributed by atoms with Crippen LogP contribution in [0.15, 0.2) is 132 Å². The van der Waals surface area contributed by atoms with E-state index in [0.717, 1.165) is 27.2 Å². The number of fused-ring (bicyclic) bond motifs is 4. The molecule has 6 aliphatic heterocycles. The van der Waals surface area contributed by atoms with Gasteiger partial charge in [0.2, 0.25) is 23.6 Å². The SMILES string of the molecule is CO[C@H]1C[C@@H]2CC[C@@H](C)[C@@](O)(O2)C(=O)C(=O)N2CCCC[C@H]2C(=O)O[C@H]([C@H](N)C[C@@H]2CC[C@@H](OC(=O)NCc3cnc(N4CCN(C(=O)CCOCCN5CCN(c6ncc(C(=O)NCCS(=O)(=O)c7ccc(C(=O)N8CCOc9ccc(-c%10ccc(N)nc%10)cc9C8)c(C)c7)cn6)CC5)CC4)nc3)[C@H](OC)C2)CC(=O)[C@H](C)/C=C(\C)[C@@H](O)[C@@H](O)C(=O)[C@H](C)C[C@H](C)/C=C/C=CC=C1C. The Morgan fingerprint density at radius 1 is 0.709 bits per heavy atom. The molecule has 2 aromatic carbocycles. The Hall–Kier alpha value is -10.9. The number of cyclic esters (lactones) is 1. The van der Waals surface area contributed by atoms with Crippen molar-refractivity contribution in [3.63, 3.8) is 0 Å². The van der Waals surface area contributed by atoms with Crippen LogP contribution in [0.5, 0.6) is 5.75 Å². The van der Waals surface area contributed by atoms with E-state index in [9.17, 15) is 66.9 Å². The lowest BCUT2D eigenvalue weighted by molar-refractivity contribution is -0.265. The number of rotatable bonds is 23. The lowest BCUT2D eigenvalue weighted by Crippen LogP contribution is -2.61. The first-order chi connectivity index (χ1) is 64.2. The number of carbonyl (C=O) groups excluding carboxylic acids is 9. The van der Waals surface area contributed by atoms with Gasteiger partial charge in [0.05, 0.1) is 60.7 Å². The Balaban J connectivity index is 0.545. The normalized spacial score (nSPS) is 27.0. The second-order valence-electron chi connectivity index (χ2n) is 36.4. The molecule has 726 valence electrons. The third kappa shape index (κ3) is 26.9. The van der Waals surface area contributed by atoms with Crippen molar-refractivity contribution >= 4 is 80.6 Å². The van der Waals surface area contributed by atoms with Crippen LogP contribution in [0.3, 0.4) is 0 Å². The minimum absolute atomic E-state index is 0.0149.